The van der Waals surface area contributed by atoms with E-state index in [-0.39, 0.29) is 11.9 Å². The normalized spacial score (nSPS) is 16.7. The largest absolute Gasteiger partial charge is 0.325 e. The Kier molecular flexibility index (Phi) is 5.62. The molecule has 0 fully saturated rings. The lowest BCUT2D eigenvalue weighted by Gasteiger charge is -2.35. The summed E-state index contributed by atoms with van der Waals surface area (Å²) in [4.78, 5) is 17.6. The summed E-state index contributed by atoms with van der Waals surface area (Å²) in [6.45, 7) is 1.28. The number of anilines is 1. The third kappa shape index (κ3) is 4.10. The summed E-state index contributed by atoms with van der Waals surface area (Å²) in [5.41, 5.74) is 3.44. The summed E-state index contributed by atoms with van der Waals surface area (Å²) in [6.07, 6.45) is 3.04. The van der Waals surface area contributed by atoms with Crippen molar-refractivity contribution in [2.75, 3.05) is 24.7 Å². The average molecular weight is 395 g/mol. The molecule has 0 saturated heterocycles. The number of nitrogens with zero attached hydrogens (tertiary/aromatic N) is 1. The monoisotopic (exact) mass is 394 g/mol. The number of hydrogen-bond donors (Lipinski definition) is 1. The first-order valence-corrected chi connectivity index (χ1v) is 11.1. The molecule has 0 unspecified atom stereocenters. The molecule has 2 heterocycles. The fourth-order valence-corrected chi connectivity index (χ4v) is 5.01. The van der Waals surface area contributed by atoms with Crippen LogP contribution in [0.25, 0.3) is 0 Å². The van der Waals surface area contributed by atoms with Crippen LogP contribution in [0.2, 0.25) is 0 Å². The second-order valence-corrected chi connectivity index (χ2v) is 8.49. The molecule has 1 aliphatic rings. The molecule has 5 heteroatoms. The van der Waals surface area contributed by atoms with Gasteiger partial charge in [-0.15, -0.1) is 23.1 Å². The number of hydrogen-bond acceptors (Lipinski definition) is 4. The summed E-state index contributed by atoms with van der Waals surface area (Å²) >= 11 is 3.50. The zero-order valence-electron chi connectivity index (χ0n) is 15.2. The second-order valence-electron chi connectivity index (χ2n) is 6.61. The van der Waals surface area contributed by atoms with Crippen LogP contribution in [-0.2, 0) is 11.2 Å². The van der Waals surface area contributed by atoms with Crippen molar-refractivity contribution < 1.29 is 4.79 Å². The maximum absolute atomic E-state index is 12.8. The molecule has 1 N–H and O–H groups in total. The molecule has 0 saturated carbocycles. The van der Waals surface area contributed by atoms with Gasteiger partial charge in [0.15, 0.2) is 0 Å². The lowest BCUT2D eigenvalue weighted by molar-refractivity contribution is -0.117. The van der Waals surface area contributed by atoms with Crippen molar-refractivity contribution >= 4 is 34.7 Å². The Morgan fingerprint density at radius 1 is 1.19 bits per heavy atom. The van der Waals surface area contributed by atoms with Crippen LogP contribution in [-0.4, -0.2) is 30.2 Å². The zero-order chi connectivity index (χ0) is 18.6. The van der Waals surface area contributed by atoms with E-state index >= 15 is 0 Å². The van der Waals surface area contributed by atoms with Crippen molar-refractivity contribution in [1.82, 2.24) is 4.90 Å². The van der Waals surface area contributed by atoms with Crippen molar-refractivity contribution in [3.63, 3.8) is 0 Å². The molecule has 1 aliphatic heterocycles. The first kappa shape index (κ1) is 18.3. The van der Waals surface area contributed by atoms with Crippen LogP contribution in [0, 0.1) is 0 Å². The maximum atomic E-state index is 12.8. The first-order valence-electron chi connectivity index (χ1n) is 9.04. The third-order valence-corrected chi connectivity index (χ3v) is 6.60. The van der Waals surface area contributed by atoms with Crippen LogP contribution in [0.15, 0.2) is 70.9 Å². The van der Waals surface area contributed by atoms with E-state index in [9.17, 15) is 4.79 Å². The quantitative estimate of drug-likeness (QED) is 0.614. The van der Waals surface area contributed by atoms with Crippen LogP contribution in [0.3, 0.4) is 0 Å². The molecule has 1 atom stereocenters. The molecule has 0 spiro atoms. The predicted octanol–water partition coefficient (Wildman–Crippen LogP) is 5.06. The summed E-state index contributed by atoms with van der Waals surface area (Å²) in [6, 6.07) is 20.8. The number of carbonyl (C=O) groups excluding carboxylic acids is 1. The van der Waals surface area contributed by atoms with Crippen LogP contribution in [0.1, 0.15) is 22.0 Å². The first-order chi connectivity index (χ1) is 13.2. The minimum Gasteiger partial charge on any atom is -0.325 e. The molecule has 27 heavy (non-hydrogen) atoms. The Bertz CT molecular complexity index is 923. The van der Waals surface area contributed by atoms with E-state index in [2.05, 4.69) is 52.0 Å². The highest BCUT2D eigenvalue weighted by molar-refractivity contribution is 7.98. The summed E-state index contributed by atoms with van der Waals surface area (Å²) < 4.78 is 0. The highest BCUT2D eigenvalue weighted by atomic mass is 32.2. The molecular formula is C22H22N2OS2. The molecule has 138 valence electrons. The predicted molar refractivity (Wildman–Crippen MR) is 115 cm³/mol. The van der Waals surface area contributed by atoms with E-state index in [1.807, 2.05) is 41.9 Å². The van der Waals surface area contributed by atoms with Gasteiger partial charge >= 0.3 is 0 Å². The second kappa shape index (κ2) is 8.30. The van der Waals surface area contributed by atoms with Crippen molar-refractivity contribution in [3.8, 4) is 0 Å². The maximum Gasteiger partial charge on any atom is 0.238 e. The summed E-state index contributed by atoms with van der Waals surface area (Å²) in [5.74, 6) is 0.0351. The van der Waals surface area contributed by atoms with E-state index in [0.717, 1.165) is 23.5 Å². The number of thioether (sulfide) groups is 1. The molecule has 1 amide bonds. The van der Waals surface area contributed by atoms with Crippen LogP contribution in [0.5, 0.6) is 0 Å². The fraction of sp³-hybridized carbons (Fsp3) is 0.227. The number of benzene rings is 2. The van der Waals surface area contributed by atoms with E-state index in [0.29, 0.717) is 6.54 Å². The Morgan fingerprint density at radius 2 is 2.04 bits per heavy atom. The van der Waals surface area contributed by atoms with Gasteiger partial charge in [-0.3, -0.25) is 9.69 Å². The molecule has 3 nitrogen and oxygen atoms in total. The Morgan fingerprint density at radius 3 is 2.85 bits per heavy atom. The van der Waals surface area contributed by atoms with E-state index in [1.54, 1.807) is 11.8 Å². The van der Waals surface area contributed by atoms with Gasteiger partial charge in [-0.25, -0.2) is 0 Å². The standard InChI is InChI=1S/C22H22N2OS2/c1-26-18-9-5-8-17(14-18)23-21(25)15-24-12-10-20-19(11-13-27-20)22(24)16-6-3-2-4-7-16/h2-9,11,13-14,22H,10,12,15H2,1H3,(H,23,25)/t22-/m0/s1. The number of thiophene rings is 1. The number of carbonyl (C=O) groups is 1. The average Bonchev–Trinajstić information content (AvgIpc) is 3.17. The van der Waals surface area contributed by atoms with Gasteiger partial charge in [-0.2, -0.15) is 0 Å². The molecule has 0 radical (unpaired) electrons. The SMILES string of the molecule is CSc1cccc(NC(=O)CN2CCc3sccc3[C@@H]2c2ccccc2)c1. The van der Waals surface area contributed by atoms with Crippen molar-refractivity contribution in [1.29, 1.82) is 0 Å². The summed E-state index contributed by atoms with van der Waals surface area (Å²) in [5, 5.41) is 5.23. The van der Waals surface area contributed by atoms with Gasteiger partial charge in [0.05, 0.1) is 12.6 Å². The number of amides is 1. The molecular weight excluding hydrogens is 372 g/mol. The molecule has 2 aromatic carbocycles. The fourth-order valence-electron chi connectivity index (χ4n) is 3.65. The van der Waals surface area contributed by atoms with Crippen LogP contribution >= 0.6 is 23.1 Å². The summed E-state index contributed by atoms with van der Waals surface area (Å²) in [7, 11) is 0. The minimum atomic E-state index is 0.0351. The van der Waals surface area contributed by atoms with Gasteiger partial charge in [-0.1, -0.05) is 36.4 Å². The molecule has 1 aromatic heterocycles. The Hall–Kier alpha value is -2.08. The molecule has 4 rings (SSSR count). The van der Waals surface area contributed by atoms with E-state index in [4.69, 9.17) is 0 Å². The van der Waals surface area contributed by atoms with Gasteiger partial charge in [-0.05, 0) is 53.4 Å². The lowest BCUT2D eigenvalue weighted by Crippen LogP contribution is -2.40. The minimum absolute atomic E-state index is 0.0351. The Balaban J connectivity index is 1.54. The smallest absolute Gasteiger partial charge is 0.238 e. The van der Waals surface area contributed by atoms with Gasteiger partial charge in [0, 0.05) is 22.0 Å². The van der Waals surface area contributed by atoms with Gasteiger partial charge in [0.1, 0.15) is 0 Å². The van der Waals surface area contributed by atoms with Crippen molar-refractivity contribution in [2.45, 2.75) is 17.4 Å². The molecule has 0 bridgehead atoms. The lowest BCUT2D eigenvalue weighted by atomic mass is 9.93. The highest BCUT2D eigenvalue weighted by Crippen LogP contribution is 2.37. The van der Waals surface area contributed by atoms with E-state index < -0.39 is 0 Å². The topological polar surface area (TPSA) is 32.3 Å². The van der Waals surface area contributed by atoms with Gasteiger partial charge in [0.25, 0.3) is 0 Å². The van der Waals surface area contributed by atoms with Gasteiger partial charge in [0.2, 0.25) is 5.91 Å². The zero-order valence-corrected chi connectivity index (χ0v) is 16.9. The van der Waals surface area contributed by atoms with Crippen molar-refractivity contribution in [2.24, 2.45) is 0 Å². The highest BCUT2D eigenvalue weighted by Gasteiger charge is 2.30. The van der Waals surface area contributed by atoms with Gasteiger partial charge < -0.3 is 5.32 Å². The van der Waals surface area contributed by atoms with Crippen LogP contribution < -0.4 is 5.32 Å². The Labute approximate surface area is 168 Å². The number of rotatable bonds is 5. The number of nitrogens with one attached hydrogen (secondary N) is 1. The van der Waals surface area contributed by atoms with Crippen molar-refractivity contribution in [3.05, 3.63) is 82.0 Å². The number of fused-ring (bicyclic) bond motifs is 1. The van der Waals surface area contributed by atoms with E-state index in [1.165, 1.54) is 16.0 Å². The van der Waals surface area contributed by atoms with Crippen LogP contribution in [0.4, 0.5) is 5.69 Å². The molecule has 0 aliphatic carbocycles. The molecule has 3 aromatic rings. The third-order valence-electron chi connectivity index (χ3n) is 4.88.